The molecule has 0 saturated carbocycles. The Morgan fingerprint density at radius 1 is 1.50 bits per heavy atom. The Balaban J connectivity index is 1.97. The van der Waals surface area contributed by atoms with Gasteiger partial charge in [0, 0.05) is 25.7 Å². The van der Waals surface area contributed by atoms with E-state index >= 15 is 0 Å². The molecule has 1 aromatic carbocycles. The molecule has 14 heavy (non-hydrogen) atoms. The maximum absolute atomic E-state index is 12.9. The van der Waals surface area contributed by atoms with Gasteiger partial charge in [0.15, 0.2) is 0 Å². The highest BCUT2D eigenvalue weighted by molar-refractivity contribution is 5.16. The number of hydrogen-bond acceptors (Lipinski definition) is 2. The van der Waals surface area contributed by atoms with Gasteiger partial charge in [0.2, 0.25) is 0 Å². The van der Waals surface area contributed by atoms with Gasteiger partial charge in [-0.15, -0.1) is 0 Å². The van der Waals surface area contributed by atoms with E-state index in [-0.39, 0.29) is 5.82 Å². The maximum Gasteiger partial charge on any atom is 0.123 e. The molecule has 1 saturated heterocycles. The average Bonchev–Trinajstić information content (AvgIpc) is 2.14. The van der Waals surface area contributed by atoms with Crippen molar-refractivity contribution >= 4 is 0 Å². The van der Waals surface area contributed by atoms with Crippen LogP contribution in [0.25, 0.3) is 0 Å². The van der Waals surface area contributed by atoms with Crippen LogP contribution in [0.5, 0.6) is 0 Å². The molecule has 3 heteroatoms. The number of halogens is 1. The highest BCUT2D eigenvalue weighted by Gasteiger charge is 2.25. The van der Waals surface area contributed by atoms with Crippen molar-refractivity contribution in [2.75, 3.05) is 13.1 Å². The number of hydrogen-bond donors (Lipinski definition) is 1. The molecule has 2 N–H and O–H groups in total. The summed E-state index contributed by atoms with van der Waals surface area (Å²) in [7, 11) is 0. The number of nitrogens with zero attached hydrogens (tertiary/aromatic N) is 1. The van der Waals surface area contributed by atoms with Gasteiger partial charge >= 0.3 is 0 Å². The van der Waals surface area contributed by atoms with Gasteiger partial charge in [0.05, 0.1) is 0 Å². The number of nitrogens with two attached hydrogens (primary N) is 1. The molecule has 1 aromatic rings. The monoisotopic (exact) mass is 194 g/mol. The first-order chi connectivity index (χ1) is 6.79. The fourth-order valence-corrected chi connectivity index (χ4v) is 1.84. The Labute approximate surface area is 83.5 Å². The molecule has 1 atom stereocenters. The first-order valence-electron chi connectivity index (χ1n) is 4.98. The molecule has 1 heterocycles. The van der Waals surface area contributed by atoms with E-state index in [2.05, 4.69) is 4.90 Å². The molecule has 0 amide bonds. The van der Waals surface area contributed by atoms with Crippen molar-refractivity contribution in [3.05, 3.63) is 35.6 Å². The topological polar surface area (TPSA) is 29.3 Å². The molecule has 1 aliphatic heterocycles. The molecule has 2 nitrogen and oxygen atoms in total. The third-order valence-corrected chi connectivity index (χ3v) is 2.81. The van der Waals surface area contributed by atoms with Crippen LogP contribution in [-0.4, -0.2) is 24.0 Å². The number of likely N-dealkylation sites (tertiary alicyclic amines) is 1. The molecule has 0 aliphatic carbocycles. The van der Waals surface area contributed by atoms with Crippen LogP contribution >= 0.6 is 0 Å². The van der Waals surface area contributed by atoms with Crippen LogP contribution in [0.1, 0.15) is 12.0 Å². The van der Waals surface area contributed by atoms with Gasteiger partial charge in [0.25, 0.3) is 0 Å². The van der Waals surface area contributed by atoms with Crippen LogP contribution in [0.4, 0.5) is 4.39 Å². The number of rotatable bonds is 3. The first-order valence-corrected chi connectivity index (χ1v) is 4.98. The summed E-state index contributed by atoms with van der Waals surface area (Å²) >= 11 is 0. The molecule has 1 unspecified atom stereocenters. The van der Waals surface area contributed by atoms with Gasteiger partial charge in [-0.3, -0.25) is 4.90 Å². The second-order valence-corrected chi connectivity index (χ2v) is 3.78. The predicted octanol–water partition coefficient (Wildman–Crippen LogP) is 1.36. The lowest BCUT2D eigenvalue weighted by molar-refractivity contribution is 0.0881. The second kappa shape index (κ2) is 4.07. The van der Waals surface area contributed by atoms with Gasteiger partial charge in [-0.05, 0) is 24.1 Å². The summed E-state index contributed by atoms with van der Waals surface area (Å²) in [6.07, 6.45) is 1.17. The van der Waals surface area contributed by atoms with Crippen LogP contribution in [0.3, 0.4) is 0 Å². The fourth-order valence-electron chi connectivity index (χ4n) is 1.84. The Morgan fingerprint density at radius 3 is 2.93 bits per heavy atom. The average molecular weight is 194 g/mol. The third-order valence-electron chi connectivity index (χ3n) is 2.81. The van der Waals surface area contributed by atoms with Crippen molar-refractivity contribution < 1.29 is 4.39 Å². The Morgan fingerprint density at radius 2 is 2.36 bits per heavy atom. The van der Waals surface area contributed by atoms with Gasteiger partial charge in [-0.1, -0.05) is 12.1 Å². The van der Waals surface area contributed by atoms with Crippen LogP contribution in [0, 0.1) is 5.82 Å². The molecule has 76 valence electrons. The van der Waals surface area contributed by atoms with E-state index in [0.717, 1.165) is 18.7 Å². The molecule has 1 aliphatic rings. The van der Waals surface area contributed by atoms with Gasteiger partial charge in [-0.2, -0.15) is 0 Å². The van der Waals surface area contributed by atoms with Crippen LogP contribution in [0.2, 0.25) is 0 Å². The minimum atomic E-state index is -0.160. The molecule has 0 bridgehead atoms. The summed E-state index contributed by atoms with van der Waals surface area (Å²) in [5.74, 6) is -0.160. The highest BCUT2D eigenvalue weighted by atomic mass is 19.1. The Bertz CT molecular complexity index is 312. The lowest BCUT2D eigenvalue weighted by Gasteiger charge is -2.40. The van der Waals surface area contributed by atoms with Crippen LogP contribution < -0.4 is 5.73 Å². The van der Waals surface area contributed by atoms with E-state index in [9.17, 15) is 4.39 Å². The standard InChI is InChI=1S/C11H15FN2/c12-10-3-1-2-9(6-10)8-14-5-4-11(14)7-13/h1-3,6,11H,4-5,7-8,13H2. The maximum atomic E-state index is 12.9. The largest absolute Gasteiger partial charge is 0.329 e. The number of benzene rings is 1. The van der Waals surface area contributed by atoms with Gasteiger partial charge < -0.3 is 5.73 Å². The SMILES string of the molecule is NCC1CCN1Cc1cccc(F)c1. The van der Waals surface area contributed by atoms with E-state index in [1.165, 1.54) is 12.5 Å². The minimum absolute atomic E-state index is 0.160. The van der Waals surface area contributed by atoms with Crippen LogP contribution in [-0.2, 0) is 6.54 Å². The highest BCUT2D eigenvalue weighted by Crippen LogP contribution is 2.19. The summed E-state index contributed by atoms with van der Waals surface area (Å²) in [6.45, 7) is 2.60. The normalized spacial score (nSPS) is 22.0. The molecule has 0 aromatic heterocycles. The van der Waals surface area contributed by atoms with Gasteiger partial charge in [0.1, 0.15) is 5.82 Å². The molecular weight excluding hydrogens is 179 g/mol. The molecular formula is C11H15FN2. The summed E-state index contributed by atoms with van der Waals surface area (Å²) in [6, 6.07) is 7.27. The summed E-state index contributed by atoms with van der Waals surface area (Å²) in [5, 5.41) is 0. The third kappa shape index (κ3) is 1.94. The molecule has 0 radical (unpaired) electrons. The zero-order valence-electron chi connectivity index (χ0n) is 8.12. The quantitative estimate of drug-likeness (QED) is 0.787. The zero-order valence-corrected chi connectivity index (χ0v) is 8.12. The molecule has 0 spiro atoms. The van der Waals surface area contributed by atoms with E-state index in [1.54, 1.807) is 12.1 Å². The van der Waals surface area contributed by atoms with E-state index in [0.29, 0.717) is 12.6 Å². The fraction of sp³-hybridized carbons (Fsp3) is 0.455. The smallest absolute Gasteiger partial charge is 0.123 e. The summed E-state index contributed by atoms with van der Waals surface area (Å²) in [5.41, 5.74) is 6.62. The zero-order chi connectivity index (χ0) is 9.97. The Hall–Kier alpha value is -0.930. The predicted molar refractivity (Wildman–Crippen MR) is 54.3 cm³/mol. The van der Waals surface area contributed by atoms with Gasteiger partial charge in [-0.25, -0.2) is 4.39 Å². The second-order valence-electron chi connectivity index (χ2n) is 3.78. The van der Waals surface area contributed by atoms with E-state index in [4.69, 9.17) is 5.73 Å². The summed E-state index contributed by atoms with van der Waals surface area (Å²) < 4.78 is 12.9. The lowest BCUT2D eigenvalue weighted by Crippen LogP contribution is -2.50. The minimum Gasteiger partial charge on any atom is -0.329 e. The van der Waals surface area contributed by atoms with Crippen molar-refractivity contribution in [3.8, 4) is 0 Å². The molecule has 2 rings (SSSR count). The van der Waals surface area contributed by atoms with Crippen molar-refractivity contribution in [1.82, 2.24) is 4.90 Å². The Kier molecular flexibility index (Phi) is 2.79. The first kappa shape index (κ1) is 9.62. The van der Waals surface area contributed by atoms with Crippen LogP contribution in [0.15, 0.2) is 24.3 Å². The van der Waals surface area contributed by atoms with Crippen molar-refractivity contribution in [2.45, 2.75) is 19.0 Å². The van der Waals surface area contributed by atoms with Crippen molar-refractivity contribution in [3.63, 3.8) is 0 Å². The summed E-state index contributed by atoms with van der Waals surface area (Å²) in [4.78, 5) is 2.29. The van der Waals surface area contributed by atoms with Crippen molar-refractivity contribution in [2.24, 2.45) is 5.73 Å². The molecule has 1 fully saturated rings. The van der Waals surface area contributed by atoms with E-state index < -0.39 is 0 Å². The lowest BCUT2D eigenvalue weighted by atomic mass is 10.0. The van der Waals surface area contributed by atoms with E-state index in [1.807, 2.05) is 6.07 Å². The van der Waals surface area contributed by atoms with Crippen molar-refractivity contribution in [1.29, 1.82) is 0 Å².